The Morgan fingerprint density at radius 1 is 1.00 bits per heavy atom. The molecule has 0 bridgehead atoms. The Morgan fingerprint density at radius 2 is 1.74 bits per heavy atom. The van der Waals surface area contributed by atoms with Crippen LogP contribution in [0.25, 0.3) is 5.69 Å². The molecule has 2 amide bonds. The minimum absolute atomic E-state index is 0.00969. The van der Waals surface area contributed by atoms with Crippen molar-refractivity contribution in [2.45, 2.75) is 32.4 Å². The summed E-state index contributed by atoms with van der Waals surface area (Å²) in [5.74, 6) is -2.00. The minimum Gasteiger partial charge on any atom is -0.373 e. The molecule has 3 heterocycles. The number of halogens is 2. The molecule has 0 spiro atoms. The van der Waals surface area contributed by atoms with Gasteiger partial charge in [-0.15, -0.1) is 0 Å². The highest BCUT2D eigenvalue weighted by atomic mass is 19.1. The molecule has 8 nitrogen and oxygen atoms in total. The van der Waals surface area contributed by atoms with E-state index in [2.05, 4.69) is 5.10 Å². The lowest BCUT2D eigenvalue weighted by Crippen LogP contribution is -2.39. The monoisotopic (exact) mass is 467 g/mol. The quantitative estimate of drug-likeness (QED) is 0.574. The van der Waals surface area contributed by atoms with Gasteiger partial charge in [-0.05, 0) is 55.7 Å². The number of amides is 2. The van der Waals surface area contributed by atoms with E-state index in [0.29, 0.717) is 37.2 Å². The van der Waals surface area contributed by atoms with Crippen LogP contribution >= 0.6 is 0 Å². The number of rotatable bonds is 4. The highest BCUT2D eigenvalue weighted by molar-refractivity contribution is 6.08. The van der Waals surface area contributed by atoms with Crippen molar-refractivity contribution in [2.75, 3.05) is 22.9 Å². The summed E-state index contributed by atoms with van der Waals surface area (Å²) >= 11 is 0. The van der Waals surface area contributed by atoms with E-state index in [1.165, 1.54) is 0 Å². The smallest absolute Gasteiger partial charge is 0.277 e. The predicted molar refractivity (Wildman–Crippen MR) is 121 cm³/mol. The number of anilines is 2. The summed E-state index contributed by atoms with van der Waals surface area (Å²) in [7, 11) is 0. The highest BCUT2D eigenvalue weighted by Gasteiger charge is 2.35. The molecule has 0 aliphatic carbocycles. The van der Waals surface area contributed by atoms with Gasteiger partial charge in [-0.3, -0.25) is 9.59 Å². The molecule has 1 fully saturated rings. The summed E-state index contributed by atoms with van der Waals surface area (Å²) in [5.41, 5.74) is 8.53. The number of aryl methyl sites for hydroxylation is 1. The van der Waals surface area contributed by atoms with Crippen molar-refractivity contribution < 1.29 is 23.5 Å². The maximum absolute atomic E-state index is 13.9. The first-order valence-electron chi connectivity index (χ1n) is 11.0. The van der Waals surface area contributed by atoms with Crippen LogP contribution in [0, 0.1) is 18.6 Å². The molecule has 1 aromatic heterocycles. The summed E-state index contributed by atoms with van der Waals surface area (Å²) in [4.78, 5) is 29.1. The van der Waals surface area contributed by atoms with Crippen molar-refractivity contribution in [2.24, 2.45) is 5.73 Å². The van der Waals surface area contributed by atoms with Crippen molar-refractivity contribution in [3.63, 3.8) is 0 Å². The number of hydrogen-bond donors (Lipinski definition) is 2. The summed E-state index contributed by atoms with van der Waals surface area (Å²) in [6, 6.07) is 8.31. The van der Waals surface area contributed by atoms with Crippen LogP contribution in [0.1, 0.15) is 46.4 Å². The molecule has 1 unspecified atom stereocenters. The number of nitrogens with two attached hydrogens (primary N) is 1. The standard InChI is InChI=1S/C24H23F2N5O3/c1-13-9-16(29-7-2-3-20(29)32)4-5-19(13)30-8-6-18-21(23(27)33)28-31(22(18)24(30)34)17-11-14(25)10-15(26)12-17/h4-5,9-12,23,33H,2-3,6-8,27H2,1H3. The molecule has 0 saturated carbocycles. The number of aliphatic hydroxyl groups excluding tert-OH is 1. The molecule has 3 aromatic rings. The van der Waals surface area contributed by atoms with E-state index in [9.17, 15) is 23.5 Å². The van der Waals surface area contributed by atoms with Gasteiger partial charge in [0.1, 0.15) is 29.3 Å². The number of carbonyl (C=O) groups excluding carboxylic acids is 2. The fourth-order valence-electron chi connectivity index (χ4n) is 4.73. The van der Waals surface area contributed by atoms with Crippen molar-refractivity contribution in [1.29, 1.82) is 0 Å². The number of hydrogen-bond acceptors (Lipinski definition) is 5. The first kappa shape index (κ1) is 22.2. The molecule has 2 aliphatic heterocycles. The lowest BCUT2D eigenvalue weighted by Gasteiger charge is -2.30. The lowest BCUT2D eigenvalue weighted by atomic mass is 10.0. The van der Waals surface area contributed by atoms with Gasteiger partial charge in [0.15, 0.2) is 0 Å². The zero-order valence-corrected chi connectivity index (χ0v) is 18.5. The van der Waals surface area contributed by atoms with Crippen molar-refractivity contribution in [1.82, 2.24) is 9.78 Å². The van der Waals surface area contributed by atoms with Crippen LogP contribution in [-0.2, 0) is 11.2 Å². The van der Waals surface area contributed by atoms with Crippen molar-refractivity contribution in [3.8, 4) is 5.69 Å². The minimum atomic E-state index is -1.45. The van der Waals surface area contributed by atoms with E-state index >= 15 is 0 Å². The second-order valence-corrected chi connectivity index (χ2v) is 8.52. The van der Waals surface area contributed by atoms with E-state index < -0.39 is 23.8 Å². The molecule has 34 heavy (non-hydrogen) atoms. The molecular weight excluding hydrogens is 444 g/mol. The Hall–Kier alpha value is -3.63. The molecule has 0 radical (unpaired) electrons. The fourth-order valence-corrected chi connectivity index (χ4v) is 4.73. The van der Waals surface area contributed by atoms with Gasteiger partial charge in [0.05, 0.1) is 5.69 Å². The lowest BCUT2D eigenvalue weighted by molar-refractivity contribution is -0.117. The Labute approximate surface area is 194 Å². The van der Waals surface area contributed by atoms with E-state index in [4.69, 9.17) is 5.73 Å². The second kappa shape index (κ2) is 8.30. The summed E-state index contributed by atoms with van der Waals surface area (Å²) < 4.78 is 29.0. The van der Waals surface area contributed by atoms with E-state index in [1.807, 2.05) is 19.1 Å². The zero-order valence-electron chi connectivity index (χ0n) is 18.5. The van der Waals surface area contributed by atoms with Crippen LogP contribution in [0.3, 0.4) is 0 Å². The predicted octanol–water partition coefficient (Wildman–Crippen LogP) is 2.74. The van der Waals surface area contributed by atoms with Gasteiger partial charge in [-0.2, -0.15) is 5.10 Å². The molecule has 2 aromatic carbocycles. The second-order valence-electron chi connectivity index (χ2n) is 8.52. The number of carbonyl (C=O) groups is 2. The number of fused-ring (bicyclic) bond motifs is 1. The number of nitrogens with zero attached hydrogens (tertiary/aromatic N) is 4. The van der Waals surface area contributed by atoms with E-state index in [-0.39, 0.29) is 23.0 Å². The van der Waals surface area contributed by atoms with Crippen LogP contribution in [-0.4, -0.2) is 39.8 Å². The third kappa shape index (κ3) is 3.64. The third-order valence-corrected chi connectivity index (χ3v) is 6.28. The van der Waals surface area contributed by atoms with Gasteiger partial charge in [0.25, 0.3) is 5.91 Å². The van der Waals surface area contributed by atoms with Gasteiger partial charge in [-0.1, -0.05) is 0 Å². The number of benzene rings is 2. The summed E-state index contributed by atoms with van der Waals surface area (Å²) in [5, 5.41) is 14.3. The molecule has 1 saturated heterocycles. The van der Waals surface area contributed by atoms with Crippen LogP contribution in [0.5, 0.6) is 0 Å². The topological polar surface area (TPSA) is 105 Å². The molecule has 2 aliphatic rings. The maximum Gasteiger partial charge on any atom is 0.277 e. The first-order valence-corrected chi connectivity index (χ1v) is 11.0. The SMILES string of the molecule is Cc1cc(N2CCCC2=O)ccc1N1CCc2c(C(N)O)nn(-c3cc(F)cc(F)c3)c2C1=O. The molecule has 176 valence electrons. The average Bonchev–Trinajstić information content (AvgIpc) is 3.38. The van der Waals surface area contributed by atoms with E-state index in [1.54, 1.807) is 15.9 Å². The average molecular weight is 467 g/mol. The van der Waals surface area contributed by atoms with Gasteiger partial charge in [0.2, 0.25) is 5.91 Å². The Kier molecular flexibility index (Phi) is 5.41. The Morgan fingerprint density at radius 3 is 2.35 bits per heavy atom. The highest BCUT2D eigenvalue weighted by Crippen LogP contribution is 2.34. The van der Waals surface area contributed by atoms with Gasteiger partial charge >= 0.3 is 0 Å². The Balaban J connectivity index is 1.57. The van der Waals surface area contributed by atoms with Gasteiger partial charge in [0, 0.05) is 42.5 Å². The van der Waals surface area contributed by atoms with Crippen LogP contribution in [0.15, 0.2) is 36.4 Å². The fraction of sp³-hybridized carbons (Fsp3) is 0.292. The Bertz CT molecular complexity index is 1300. The maximum atomic E-state index is 13.9. The van der Waals surface area contributed by atoms with Crippen LogP contribution in [0.2, 0.25) is 0 Å². The summed E-state index contributed by atoms with van der Waals surface area (Å²) in [6.07, 6.45) is 0.224. The normalized spacial score (nSPS) is 16.9. The summed E-state index contributed by atoms with van der Waals surface area (Å²) in [6.45, 7) is 2.82. The largest absolute Gasteiger partial charge is 0.373 e. The third-order valence-electron chi connectivity index (χ3n) is 6.28. The van der Waals surface area contributed by atoms with Gasteiger partial charge in [-0.25, -0.2) is 13.5 Å². The first-order chi connectivity index (χ1) is 16.2. The van der Waals surface area contributed by atoms with Crippen LogP contribution < -0.4 is 15.5 Å². The molecule has 1 atom stereocenters. The van der Waals surface area contributed by atoms with E-state index in [0.717, 1.165) is 40.6 Å². The number of aliphatic hydroxyl groups is 1. The van der Waals surface area contributed by atoms with Gasteiger partial charge < -0.3 is 20.6 Å². The number of aromatic nitrogens is 2. The molecule has 10 heteroatoms. The zero-order chi connectivity index (χ0) is 24.1. The van der Waals surface area contributed by atoms with Crippen LogP contribution in [0.4, 0.5) is 20.2 Å². The van der Waals surface area contributed by atoms with Crippen molar-refractivity contribution in [3.05, 3.63) is 70.5 Å². The molecular formula is C24H23F2N5O3. The van der Waals surface area contributed by atoms with Crippen molar-refractivity contribution >= 4 is 23.2 Å². The molecule has 5 rings (SSSR count). The molecule has 3 N–H and O–H groups in total.